The molecular formula is C30H39N2O4+. The van der Waals surface area contributed by atoms with Crippen molar-refractivity contribution in [3.8, 4) is 0 Å². The van der Waals surface area contributed by atoms with Crippen LogP contribution in [0.5, 0.6) is 0 Å². The molecule has 4 aliphatic rings. The molecule has 0 spiro atoms. The van der Waals surface area contributed by atoms with E-state index in [0.717, 1.165) is 62.8 Å². The van der Waals surface area contributed by atoms with Crippen LogP contribution in [0, 0.1) is 11.8 Å². The summed E-state index contributed by atoms with van der Waals surface area (Å²) in [5.41, 5.74) is -0.807. The van der Waals surface area contributed by atoms with Crippen LogP contribution in [0.4, 0.5) is 0 Å². The Morgan fingerprint density at radius 1 is 0.917 bits per heavy atom. The molecule has 36 heavy (non-hydrogen) atoms. The second-order valence-electron chi connectivity index (χ2n) is 11.0. The molecule has 1 aliphatic carbocycles. The van der Waals surface area contributed by atoms with E-state index in [9.17, 15) is 14.7 Å². The zero-order valence-electron chi connectivity index (χ0n) is 21.1. The van der Waals surface area contributed by atoms with Gasteiger partial charge in [0.2, 0.25) is 11.5 Å². The fourth-order valence-corrected chi connectivity index (χ4v) is 6.61. The molecular weight excluding hydrogens is 452 g/mol. The highest BCUT2D eigenvalue weighted by molar-refractivity contribution is 5.85. The van der Waals surface area contributed by atoms with Crippen LogP contribution in [0.15, 0.2) is 60.7 Å². The van der Waals surface area contributed by atoms with Gasteiger partial charge in [0.25, 0.3) is 0 Å². The van der Waals surface area contributed by atoms with Crippen molar-refractivity contribution >= 4 is 11.9 Å². The first-order valence-electron chi connectivity index (χ1n) is 13.7. The maximum atomic E-state index is 13.6. The first-order valence-corrected chi connectivity index (χ1v) is 13.7. The van der Waals surface area contributed by atoms with E-state index in [1.807, 2.05) is 36.4 Å². The van der Waals surface area contributed by atoms with Crippen molar-refractivity contribution in [2.45, 2.75) is 56.7 Å². The number of hydrogen-bond acceptors (Lipinski definition) is 4. The van der Waals surface area contributed by atoms with Gasteiger partial charge in [0.15, 0.2) is 6.10 Å². The summed E-state index contributed by atoms with van der Waals surface area (Å²) in [7, 11) is 0. The predicted molar refractivity (Wildman–Crippen MR) is 138 cm³/mol. The van der Waals surface area contributed by atoms with Gasteiger partial charge in [-0.1, -0.05) is 73.5 Å². The first-order chi connectivity index (χ1) is 17.5. The van der Waals surface area contributed by atoms with E-state index >= 15 is 0 Å². The number of amides is 1. The summed E-state index contributed by atoms with van der Waals surface area (Å²) in [6.07, 6.45) is 7.18. The number of hydrogen-bond donors (Lipinski definition) is 2. The summed E-state index contributed by atoms with van der Waals surface area (Å²) in [6, 6.07) is 18.2. The van der Waals surface area contributed by atoms with E-state index in [-0.39, 0.29) is 17.9 Å². The number of piperidine rings is 3. The van der Waals surface area contributed by atoms with E-state index in [1.54, 1.807) is 24.3 Å². The molecule has 1 amide bonds. The smallest absolute Gasteiger partial charge is 0.348 e. The van der Waals surface area contributed by atoms with E-state index in [1.165, 1.54) is 12.8 Å². The lowest BCUT2D eigenvalue weighted by molar-refractivity contribution is -0.946. The first kappa shape index (κ1) is 25.0. The fourth-order valence-electron chi connectivity index (χ4n) is 6.61. The lowest BCUT2D eigenvalue weighted by Crippen LogP contribution is -2.65. The second kappa shape index (κ2) is 10.7. The third kappa shape index (κ3) is 5.07. The molecule has 6 heteroatoms. The number of nitrogens with zero attached hydrogens (tertiary/aromatic N) is 1. The number of carbonyl (C=O) groups excluding carboxylic acids is 2. The van der Waals surface area contributed by atoms with Gasteiger partial charge in [-0.2, -0.15) is 0 Å². The minimum absolute atomic E-state index is 0.202. The SMILES string of the molecule is O=C(NCCC[N+]12CCC(CC1)C(OC(=O)C(O)(c1ccccc1)c1ccccc1)C2)C1CCCC1. The van der Waals surface area contributed by atoms with Crippen molar-refractivity contribution in [2.24, 2.45) is 11.8 Å². The van der Waals surface area contributed by atoms with E-state index in [2.05, 4.69) is 5.32 Å². The van der Waals surface area contributed by atoms with Gasteiger partial charge in [-0.05, 0) is 24.0 Å². The molecule has 3 aliphatic heterocycles. The van der Waals surface area contributed by atoms with E-state index in [0.29, 0.717) is 23.6 Å². The van der Waals surface area contributed by atoms with Crippen molar-refractivity contribution in [3.63, 3.8) is 0 Å². The number of esters is 1. The molecule has 2 bridgehead atoms. The average molecular weight is 492 g/mol. The fraction of sp³-hybridized carbons (Fsp3) is 0.533. The minimum Gasteiger partial charge on any atom is -0.453 e. The summed E-state index contributed by atoms with van der Waals surface area (Å²) < 4.78 is 7.10. The van der Waals surface area contributed by atoms with Crippen LogP contribution < -0.4 is 5.32 Å². The molecule has 0 radical (unpaired) electrons. The monoisotopic (exact) mass is 491 g/mol. The molecule has 1 unspecified atom stereocenters. The summed E-state index contributed by atoms with van der Waals surface area (Å²) in [4.78, 5) is 26.0. The van der Waals surface area contributed by atoms with Crippen LogP contribution >= 0.6 is 0 Å². The molecule has 2 aromatic rings. The van der Waals surface area contributed by atoms with Gasteiger partial charge in [0.1, 0.15) is 6.54 Å². The zero-order chi connectivity index (χ0) is 25.0. The molecule has 1 atom stereocenters. The topological polar surface area (TPSA) is 75.6 Å². The van der Waals surface area contributed by atoms with Crippen molar-refractivity contribution in [3.05, 3.63) is 71.8 Å². The van der Waals surface area contributed by atoms with Gasteiger partial charge in [-0.25, -0.2) is 4.79 Å². The van der Waals surface area contributed by atoms with E-state index in [4.69, 9.17) is 4.74 Å². The van der Waals surface area contributed by atoms with Gasteiger partial charge >= 0.3 is 5.97 Å². The van der Waals surface area contributed by atoms with Crippen LogP contribution in [0.3, 0.4) is 0 Å². The van der Waals surface area contributed by atoms with Crippen LogP contribution in [0.2, 0.25) is 0 Å². The van der Waals surface area contributed by atoms with Crippen molar-refractivity contribution in [2.75, 3.05) is 32.7 Å². The second-order valence-corrected chi connectivity index (χ2v) is 11.0. The maximum absolute atomic E-state index is 13.6. The average Bonchev–Trinajstić information content (AvgIpc) is 3.47. The Balaban J connectivity index is 1.23. The highest BCUT2D eigenvalue weighted by atomic mass is 16.6. The van der Waals surface area contributed by atoms with Crippen LogP contribution in [-0.2, 0) is 19.9 Å². The Labute approximate surface area is 214 Å². The summed E-state index contributed by atoms with van der Waals surface area (Å²) in [6.45, 7) is 4.67. The van der Waals surface area contributed by atoms with Gasteiger partial charge in [-0.15, -0.1) is 0 Å². The third-order valence-electron chi connectivity index (χ3n) is 8.81. The number of ether oxygens (including phenoxy) is 1. The van der Waals surface area contributed by atoms with Gasteiger partial charge in [0, 0.05) is 37.6 Å². The highest BCUT2D eigenvalue weighted by Crippen LogP contribution is 2.38. The molecule has 6 rings (SSSR count). The van der Waals surface area contributed by atoms with Crippen molar-refractivity contribution in [1.82, 2.24) is 5.32 Å². The number of benzene rings is 2. The summed E-state index contributed by atoms with van der Waals surface area (Å²) in [5.74, 6) is 0.171. The number of quaternary nitrogens is 1. The summed E-state index contributed by atoms with van der Waals surface area (Å²) in [5, 5.41) is 14.9. The Kier molecular flexibility index (Phi) is 7.44. The van der Waals surface area contributed by atoms with Gasteiger partial charge in [0.05, 0.1) is 19.6 Å². The Morgan fingerprint density at radius 3 is 2.08 bits per heavy atom. The van der Waals surface area contributed by atoms with Crippen LogP contribution in [-0.4, -0.2) is 60.3 Å². The lowest BCUT2D eigenvalue weighted by atomic mass is 9.82. The lowest BCUT2D eigenvalue weighted by Gasteiger charge is -2.52. The quantitative estimate of drug-likeness (QED) is 0.318. The molecule has 3 heterocycles. The molecule has 192 valence electrons. The molecule has 6 nitrogen and oxygen atoms in total. The van der Waals surface area contributed by atoms with Crippen molar-refractivity contribution < 1.29 is 23.9 Å². The van der Waals surface area contributed by atoms with Gasteiger partial charge < -0.3 is 19.6 Å². The third-order valence-corrected chi connectivity index (χ3v) is 8.81. The standard InChI is InChI=1S/C30H38N2O4/c33-28(24-10-7-8-11-24)31-18-9-19-32-20-16-23(17-21-32)27(22-32)36-29(34)30(35,25-12-3-1-4-13-25)26-14-5-2-6-15-26/h1-6,12-15,23-24,27,35H,7-11,16-22H2/p+1. The molecule has 2 aromatic carbocycles. The molecule has 0 aromatic heterocycles. The predicted octanol–water partition coefficient (Wildman–Crippen LogP) is 3.77. The molecule has 1 saturated carbocycles. The number of fused-ring (bicyclic) bond motifs is 3. The number of nitrogens with one attached hydrogen (secondary N) is 1. The number of carbonyl (C=O) groups is 2. The molecule has 2 N–H and O–H groups in total. The van der Waals surface area contributed by atoms with Crippen molar-refractivity contribution in [1.29, 1.82) is 0 Å². The Bertz CT molecular complexity index is 988. The molecule has 4 fully saturated rings. The van der Waals surface area contributed by atoms with Gasteiger partial charge in [-0.3, -0.25) is 4.79 Å². The largest absolute Gasteiger partial charge is 0.453 e. The minimum atomic E-state index is -1.84. The molecule has 3 saturated heterocycles. The number of rotatable bonds is 9. The zero-order valence-corrected chi connectivity index (χ0v) is 21.1. The summed E-state index contributed by atoms with van der Waals surface area (Å²) >= 11 is 0. The number of aliphatic hydroxyl groups is 1. The van der Waals surface area contributed by atoms with Crippen LogP contribution in [0.1, 0.15) is 56.1 Å². The normalized spacial score (nSPS) is 26.0. The Morgan fingerprint density at radius 2 is 1.50 bits per heavy atom. The Hall–Kier alpha value is -2.70. The van der Waals surface area contributed by atoms with E-state index < -0.39 is 11.6 Å². The van der Waals surface area contributed by atoms with Crippen LogP contribution in [0.25, 0.3) is 0 Å². The highest BCUT2D eigenvalue weighted by Gasteiger charge is 2.50. The maximum Gasteiger partial charge on any atom is 0.348 e.